The molecule has 1 heterocycles. The summed E-state index contributed by atoms with van der Waals surface area (Å²) in [5.74, 6) is 0. The Kier molecular flexibility index (Phi) is 4.01. The first kappa shape index (κ1) is 14.8. The molecule has 3 rings (SSSR count). The number of aryl methyl sites for hydroxylation is 2. The fourth-order valence-electron chi connectivity index (χ4n) is 2.41. The predicted octanol–water partition coefficient (Wildman–Crippen LogP) is 4.27. The summed E-state index contributed by atoms with van der Waals surface area (Å²) in [6.07, 6.45) is 0. The standard InChI is InChI=1S/C18H18ClN3/c1-12-3-8-17(9-13(12)2)22-18(10-16(11-20)21-22)14-4-6-15(19)7-5-14/h3-10H,11,20H2,1-2H3. The van der Waals surface area contributed by atoms with Gasteiger partial charge in [0.2, 0.25) is 0 Å². The molecule has 0 amide bonds. The molecule has 0 unspecified atom stereocenters. The molecule has 0 saturated heterocycles. The second-order valence-electron chi connectivity index (χ2n) is 5.41. The van der Waals surface area contributed by atoms with Gasteiger partial charge in [0.25, 0.3) is 0 Å². The molecule has 0 radical (unpaired) electrons. The molecule has 0 aliphatic carbocycles. The maximum absolute atomic E-state index is 5.98. The van der Waals surface area contributed by atoms with Gasteiger partial charge in [0.1, 0.15) is 0 Å². The van der Waals surface area contributed by atoms with E-state index in [4.69, 9.17) is 17.3 Å². The summed E-state index contributed by atoms with van der Waals surface area (Å²) in [5.41, 5.74) is 12.3. The van der Waals surface area contributed by atoms with Crippen LogP contribution in [0.1, 0.15) is 16.8 Å². The fourth-order valence-corrected chi connectivity index (χ4v) is 2.54. The number of hydrogen-bond acceptors (Lipinski definition) is 2. The summed E-state index contributed by atoms with van der Waals surface area (Å²) in [5, 5.41) is 5.35. The van der Waals surface area contributed by atoms with Crippen molar-refractivity contribution >= 4 is 11.6 Å². The molecule has 0 bridgehead atoms. The van der Waals surface area contributed by atoms with Gasteiger partial charge in [-0.15, -0.1) is 0 Å². The fraction of sp³-hybridized carbons (Fsp3) is 0.167. The van der Waals surface area contributed by atoms with Crippen LogP contribution >= 0.6 is 11.6 Å². The number of nitrogens with two attached hydrogens (primary N) is 1. The first-order valence-electron chi connectivity index (χ1n) is 7.21. The molecule has 0 spiro atoms. The SMILES string of the molecule is Cc1ccc(-n2nc(CN)cc2-c2ccc(Cl)cc2)cc1C. The average Bonchev–Trinajstić information content (AvgIpc) is 2.95. The third kappa shape index (κ3) is 2.78. The second-order valence-corrected chi connectivity index (χ2v) is 5.85. The lowest BCUT2D eigenvalue weighted by molar-refractivity contribution is 0.837. The Hall–Kier alpha value is -2.10. The van der Waals surface area contributed by atoms with Crippen molar-refractivity contribution in [3.05, 3.63) is 70.4 Å². The van der Waals surface area contributed by atoms with Crippen molar-refractivity contribution in [3.8, 4) is 16.9 Å². The van der Waals surface area contributed by atoms with Gasteiger partial charge in [-0.25, -0.2) is 4.68 Å². The normalized spacial score (nSPS) is 10.9. The van der Waals surface area contributed by atoms with E-state index < -0.39 is 0 Å². The summed E-state index contributed by atoms with van der Waals surface area (Å²) >= 11 is 5.98. The molecule has 2 aromatic carbocycles. The number of rotatable bonds is 3. The van der Waals surface area contributed by atoms with Crippen molar-refractivity contribution in [2.45, 2.75) is 20.4 Å². The van der Waals surface area contributed by atoms with Crippen LogP contribution in [0.5, 0.6) is 0 Å². The van der Waals surface area contributed by atoms with Crippen LogP contribution in [-0.4, -0.2) is 9.78 Å². The summed E-state index contributed by atoms with van der Waals surface area (Å²) < 4.78 is 1.94. The highest BCUT2D eigenvalue weighted by molar-refractivity contribution is 6.30. The summed E-state index contributed by atoms with van der Waals surface area (Å²) in [7, 11) is 0. The lowest BCUT2D eigenvalue weighted by atomic mass is 10.1. The van der Waals surface area contributed by atoms with Crippen LogP contribution < -0.4 is 5.73 Å². The minimum Gasteiger partial charge on any atom is -0.325 e. The van der Waals surface area contributed by atoms with E-state index in [0.717, 1.165) is 27.7 Å². The molecule has 3 nitrogen and oxygen atoms in total. The Balaban J connectivity index is 2.16. The highest BCUT2D eigenvalue weighted by atomic mass is 35.5. The monoisotopic (exact) mass is 311 g/mol. The Bertz CT molecular complexity index is 804. The van der Waals surface area contributed by atoms with Crippen LogP contribution in [-0.2, 0) is 6.54 Å². The van der Waals surface area contributed by atoms with Crippen molar-refractivity contribution in [2.24, 2.45) is 5.73 Å². The molecule has 0 aliphatic rings. The van der Waals surface area contributed by atoms with E-state index in [2.05, 4.69) is 37.1 Å². The molecule has 22 heavy (non-hydrogen) atoms. The van der Waals surface area contributed by atoms with Crippen LogP contribution in [0.2, 0.25) is 5.02 Å². The van der Waals surface area contributed by atoms with E-state index in [0.29, 0.717) is 6.54 Å². The van der Waals surface area contributed by atoms with E-state index in [9.17, 15) is 0 Å². The number of nitrogens with zero attached hydrogens (tertiary/aromatic N) is 2. The first-order chi connectivity index (χ1) is 10.6. The Labute approximate surface area is 135 Å². The van der Waals surface area contributed by atoms with Crippen LogP contribution in [0.3, 0.4) is 0 Å². The van der Waals surface area contributed by atoms with E-state index in [1.807, 2.05) is 35.0 Å². The second kappa shape index (κ2) is 5.95. The molecular weight excluding hydrogens is 294 g/mol. The number of aromatic nitrogens is 2. The molecule has 1 aromatic heterocycles. The minimum atomic E-state index is 0.415. The number of hydrogen-bond donors (Lipinski definition) is 1. The molecule has 0 aliphatic heterocycles. The summed E-state index contributed by atoms with van der Waals surface area (Å²) in [6, 6.07) is 16.1. The quantitative estimate of drug-likeness (QED) is 0.785. The highest BCUT2D eigenvalue weighted by Crippen LogP contribution is 2.26. The van der Waals surface area contributed by atoms with Gasteiger partial charge in [0.15, 0.2) is 0 Å². The Morgan fingerprint density at radius 1 is 1.00 bits per heavy atom. The van der Waals surface area contributed by atoms with Gasteiger partial charge in [0, 0.05) is 17.1 Å². The highest BCUT2D eigenvalue weighted by Gasteiger charge is 2.11. The van der Waals surface area contributed by atoms with Gasteiger partial charge in [0.05, 0.1) is 17.1 Å². The maximum Gasteiger partial charge on any atom is 0.0771 e. The Morgan fingerprint density at radius 2 is 1.73 bits per heavy atom. The molecule has 0 saturated carbocycles. The maximum atomic E-state index is 5.98. The molecule has 112 valence electrons. The molecular formula is C18H18ClN3. The lowest BCUT2D eigenvalue weighted by Crippen LogP contribution is -2.02. The molecule has 2 N–H and O–H groups in total. The van der Waals surface area contributed by atoms with Gasteiger partial charge < -0.3 is 5.73 Å². The largest absolute Gasteiger partial charge is 0.325 e. The molecule has 3 aromatic rings. The third-order valence-electron chi connectivity index (χ3n) is 3.84. The van der Waals surface area contributed by atoms with Crippen molar-refractivity contribution in [1.29, 1.82) is 0 Å². The average molecular weight is 312 g/mol. The van der Waals surface area contributed by atoms with Gasteiger partial charge >= 0.3 is 0 Å². The van der Waals surface area contributed by atoms with Crippen molar-refractivity contribution in [1.82, 2.24) is 9.78 Å². The van der Waals surface area contributed by atoms with E-state index in [1.165, 1.54) is 11.1 Å². The van der Waals surface area contributed by atoms with Gasteiger partial charge in [-0.05, 0) is 55.3 Å². The van der Waals surface area contributed by atoms with E-state index in [1.54, 1.807) is 0 Å². The Morgan fingerprint density at radius 3 is 2.36 bits per heavy atom. The first-order valence-corrected chi connectivity index (χ1v) is 7.59. The molecule has 4 heteroatoms. The van der Waals surface area contributed by atoms with E-state index in [-0.39, 0.29) is 0 Å². The summed E-state index contributed by atoms with van der Waals surface area (Å²) in [6.45, 7) is 4.63. The number of halogens is 1. The van der Waals surface area contributed by atoms with Gasteiger partial charge in [-0.3, -0.25) is 0 Å². The zero-order valence-corrected chi connectivity index (χ0v) is 13.4. The minimum absolute atomic E-state index is 0.415. The lowest BCUT2D eigenvalue weighted by Gasteiger charge is -2.10. The van der Waals surface area contributed by atoms with Crippen molar-refractivity contribution in [3.63, 3.8) is 0 Å². The molecule has 0 fully saturated rings. The third-order valence-corrected chi connectivity index (χ3v) is 4.10. The van der Waals surface area contributed by atoms with Gasteiger partial charge in [-0.1, -0.05) is 29.8 Å². The molecule has 0 atom stereocenters. The van der Waals surface area contributed by atoms with Crippen LogP contribution in [0, 0.1) is 13.8 Å². The predicted molar refractivity (Wildman–Crippen MR) is 91.4 cm³/mol. The number of benzene rings is 2. The van der Waals surface area contributed by atoms with Crippen LogP contribution in [0.25, 0.3) is 16.9 Å². The van der Waals surface area contributed by atoms with Crippen molar-refractivity contribution in [2.75, 3.05) is 0 Å². The van der Waals surface area contributed by atoms with Crippen molar-refractivity contribution < 1.29 is 0 Å². The zero-order valence-electron chi connectivity index (χ0n) is 12.7. The topological polar surface area (TPSA) is 43.8 Å². The van der Waals surface area contributed by atoms with E-state index >= 15 is 0 Å². The van der Waals surface area contributed by atoms with Crippen LogP contribution in [0.15, 0.2) is 48.5 Å². The smallest absolute Gasteiger partial charge is 0.0771 e. The van der Waals surface area contributed by atoms with Gasteiger partial charge in [-0.2, -0.15) is 5.10 Å². The zero-order chi connectivity index (χ0) is 15.7. The summed E-state index contributed by atoms with van der Waals surface area (Å²) in [4.78, 5) is 0. The van der Waals surface area contributed by atoms with Crippen LogP contribution in [0.4, 0.5) is 0 Å².